The number of aromatic amines is 1. The fourth-order valence-corrected chi connectivity index (χ4v) is 4.08. The van der Waals surface area contributed by atoms with E-state index in [0.717, 1.165) is 29.1 Å². The van der Waals surface area contributed by atoms with Crippen LogP contribution >= 0.6 is 0 Å². The maximum Gasteiger partial charge on any atom is 0.229 e. The summed E-state index contributed by atoms with van der Waals surface area (Å²) < 4.78 is 0. The molecule has 1 unspecified atom stereocenters. The Morgan fingerprint density at radius 1 is 1.16 bits per heavy atom. The Labute approximate surface area is 180 Å². The number of benzene rings is 2. The highest BCUT2D eigenvalue weighted by Crippen LogP contribution is 2.38. The van der Waals surface area contributed by atoms with Crippen molar-refractivity contribution < 1.29 is 9.59 Å². The van der Waals surface area contributed by atoms with Gasteiger partial charge in [-0.05, 0) is 55.2 Å². The molecule has 2 fully saturated rings. The second-order valence-corrected chi connectivity index (χ2v) is 8.27. The Kier molecular flexibility index (Phi) is 5.02. The largest absolute Gasteiger partial charge is 0.326 e. The van der Waals surface area contributed by atoms with Crippen molar-refractivity contribution in [3.63, 3.8) is 0 Å². The number of anilines is 2. The number of carbonyl (C=O) groups is 2. The Morgan fingerprint density at radius 2 is 1.94 bits per heavy atom. The number of carbonyl (C=O) groups excluding carboxylic acids is 2. The van der Waals surface area contributed by atoms with Crippen molar-refractivity contribution >= 4 is 23.2 Å². The molecular weight excluding hydrogens is 390 g/mol. The minimum absolute atomic E-state index is 0.00697. The predicted molar refractivity (Wildman–Crippen MR) is 119 cm³/mol. The molecule has 3 aromatic rings. The molecule has 0 spiro atoms. The van der Waals surface area contributed by atoms with Crippen LogP contribution in [0, 0.1) is 5.92 Å². The third kappa shape index (κ3) is 3.95. The molecule has 158 valence electrons. The Hall–Kier alpha value is -3.48. The van der Waals surface area contributed by atoms with Crippen LogP contribution in [0.4, 0.5) is 11.4 Å². The van der Waals surface area contributed by atoms with E-state index in [4.69, 9.17) is 0 Å². The standard InChI is InChI=1S/C24H25N5O2/c1-2-15-5-3-4-6-20(15)29-14-18(13-21(29)30)24(31)25-19-11-9-17(10-12-19)23-26-22(27-28-23)16-7-8-16/h3-6,9-12,16,18H,2,7-8,13-14H2,1H3,(H,25,31)(H,26,27,28). The van der Waals surface area contributed by atoms with Crippen molar-refractivity contribution in [2.45, 2.75) is 38.5 Å². The number of hydrogen-bond donors (Lipinski definition) is 2. The molecular formula is C24H25N5O2. The zero-order valence-corrected chi connectivity index (χ0v) is 17.5. The first-order valence-electron chi connectivity index (χ1n) is 10.8. The van der Waals surface area contributed by atoms with Gasteiger partial charge in [0, 0.05) is 35.8 Å². The monoisotopic (exact) mass is 415 g/mol. The van der Waals surface area contributed by atoms with E-state index in [1.165, 1.54) is 12.8 Å². The number of amides is 2. The quantitative estimate of drug-likeness (QED) is 0.639. The first-order valence-corrected chi connectivity index (χ1v) is 10.8. The van der Waals surface area contributed by atoms with Gasteiger partial charge in [0.15, 0.2) is 5.82 Å². The summed E-state index contributed by atoms with van der Waals surface area (Å²) in [5, 5.41) is 10.3. The van der Waals surface area contributed by atoms with Crippen LogP contribution in [0.25, 0.3) is 11.4 Å². The van der Waals surface area contributed by atoms with Crippen LogP contribution < -0.4 is 10.2 Å². The summed E-state index contributed by atoms with van der Waals surface area (Å²) in [4.78, 5) is 31.7. The third-order valence-corrected chi connectivity index (χ3v) is 6.04. The van der Waals surface area contributed by atoms with E-state index in [1.54, 1.807) is 4.90 Å². The highest BCUT2D eigenvalue weighted by atomic mass is 16.2. The first kappa shape index (κ1) is 19.5. The molecule has 0 bridgehead atoms. The van der Waals surface area contributed by atoms with Crippen molar-refractivity contribution in [3.05, 3.63) is 59.9 Å². The molecule has 1 aliphatic heterocycles. The van der Waals surface area contributed by atoms with Crippen LogP contribution in [-0.2, 0) is 16.0 Å². The van der Waals surface area contributed by atoms with Crippen molar-refractivity contribution in [2.75, 3.05) is 16.8 Å². The number of nitrogens with zero attached hydrogens (tertiary/aromatic N) is 3. The molecule has 5 rings (SSSR count). The lowest BCUT2D eigenvalue weighted by atomic mass is 10.1. The van der Waals surface area contributed by atoms with E-state index in [9.17, 15) is 9.59 Å². The molecule has 2 heterocycles. The van der Waals surface area contributed by atoms with Gasteiger partial charge in [0.05, 0.1) is 5.92 Å². The van der Waals surface area contributed by atoms with Gasteiger partial charge in [-0.2, -0.15) is 5.10 Å². The smallest absolute Gasteiger partial charge is 0.229 e. The van der Waals surface area contributed by atoms with Crippen LogP contribution in [-0.4, -0.2) is 33.5 Å². The zero-order chi connectivity index (χ0) is 21.4. The fourth-order valence-electron chi connectivity index (χ4n) is 4.08. The average Bonchev–Trinajstić information content (AvgIpc) is 3.39. The highest BCUT2D eigenvalue weighted by molar-refractivity contribution is 6.03. The number of aryl methyl sites for hydroxylation is 1. The van der Waals surface area contributed by atoms with Crippen LogP contribution in [0.5, 0.6) is 0 Å². The molecule has 2 aliphatic rings. The summed E-state index contributed by atoms with van der Waals surface area (Å²) in [6.45, 7) is 2.47. The normalized spacial score (nSPS) is 18.4. The molecule has 0 radical (unpaired) electrons. The lowest BCUT2D eigenvalue weighted by Crippen LogP contribution is -2.28. The molecule has 1 atom stereocenters. The molecule has 1 saturated heterocycles. The van der Waals surface area contributed by atoms with Gasteiger partial charge < -0.3 is 10.2 Å². The maximum absolute atomic E-state index is 12.8. The number of nitrogens with one attached hydrogen (secondary N) is 2. The van der Waals surface area contributed by atoms with Gasteiger partial charge in [-0.25, -0.2) is 4.98 Å². The molecule has 2 amide bonds. The number of para-hydroxylation sites is 1. The van der Waals surface area contributed by atoms with E-state index in [0.29, 0.717) is 24.0 Å². The predicted octanol–water partition coefficient (Wildman–Crippen LogP) is 3.90. The van der Waals surface area contributed by atoms with E-state index in [2.05, 4.69) is 27.4 Å². The maximum atomic E-state index is 12.8. The molecule has 2 N–H and O–H groups in total. The van der Waals surface area contributed by atoms with E-state index < -0.39 is 0 Å². The molecule has 31 heavy (non-hydrogen) atoms. The average molecular weight is 415 g/mol. The van der Waals surface area contributed by atoms with Gasteiger partial charge in [-0.3, -0.25) is 14.7 Å². The fraction of sp³-hybridized carbons (Fsp3) is 0.333. The molecule has 7 nitrogen and oxygen atoms in total. The second-order valence-electron chi connectivity index (χ2n) is 8.27. The van der Waals surface area contributed by atoms with Crippen LogP contribution in [0.1, 0.15) is 43.5 Å². The number of H-pyrrole nitrogens is 1. The van der Waals surface area contributed by atoms with Gasteiger partial charge in [-0.15, -0.1) is 0 Å². The molecule has 1 aliphatic carbocycles. The first-order chi connectivity index (χ1) is 15.1. The van der Waals surface area contributed by atoms with Crippen molar-refractivity contribution in [1.29, 1.82) is 0 Å². The second kappa shape index (κ2) is 7.98. The molecule has 2 aromatic carbocycles. The van der Waals surface area contributed by atoms with Crippen molar-refractivity contribution in [3.8, 4) is 11.4 Å². The SMILES string of the molecule is CCc1ccccc1N1CC(C(=O)Nc2ccc(-c3n[nH]c(C4CC4)n3)cc2)CC1=O. The third-order valence-electron chi connectivity index (χ3n) is 6.04. The number of rotatable bonds is 6. The lowest BCUT2D eigenvalue weighted by molar-refractivity contribution is -0.122. The Balaban J connectivity index is 1.24. The number of aromatic nitrogens is 3. The minimum atomic E-state index is -0.369. The van der Waals surface area contributed by atoms with Gasteiger partial charge in [-0.1, -0.05) is 25.1 Å². The summed E-state index contributed by atoms with van der Waals surface area (Å²) in [5.74, 6) is 1.64. The summed E-state index contributed by atoms with van der Waals surface area (Å²) >= 11 is 0. The van der Waals surface area contributed by atoms with Gasteiger partial charge in [0.1, 0.15) is 5.82 Å². The van der Waals surface area contributed by atoms with Crippen molar-refractivity contribution in [2.24, 2.45) is 5.92 Å². The van der Waals surface area contributed by atoms with Gasteiger partial charge in [0.25, 0.3) is 0 Å². The summed E-state index contributed by atoms with van der Waals surface area (Å²) in [6, 6.07) is 15.4. The van der Waals surface area contributed by atoms with Gasteiger partial charge in [0.2, 0.25) is 11.8 Å². The van der Waals surface area contributed by atoms with E-state index in [-0.39, 0.29) is 24.2 Å². The Bertz CT molecular complexity index is 1120. The molecule has 1 aromatic heterocycles. The number of hydrogen-bond acceptors (Lipinski definition) is 4. The highest BCUT2D eigenvalue weighted by Gasteiger charge is 2.35. The topological polar surface area (TPSA) is 91.0 Å². The molecule has 7 heteroatoms. The minimum Gasteiger partial charge on any atom is -0.326 e. The Morgan fingerprint density at radius 3 is 2.68 bits per heavy atom. The van der Waals surface area contributed by atoms with Gasteiger partial charge >= 0.3 is 0 Å². The summed E-state index contributed by atoms with van der Waals surface area (Å²) in [7, 11) is 0. The van der Waals surface area contributed by atoms with E-state index in [1.807, 2.05) is 48.5 Å². The zero-order valence-electron chi connectivity index (χ0n) is 17.5. The molecule has 1 saturated carbocycles. The van der Waals surface area contributed by atoms with Crippen molar-refractivity contribution in [1.82, 2.24) is 15.2 Å². The van der Waals surface area contributed by atoms with Crippen LogP contribution in [0.2, 0.25) is 0 Å². The van der Waals surface area contributed by atoms with Crippen LogP contribution in [0.15, 0.2) is 48.5 Å². The lowest BCUT2D eigenvalue weighted by Gasteiger charge is -2.20. The summed E-state index contributed by atoms with van der Waals surface area (Å²) in [5.41, 5.74) is 3.63. The van der Waals surface area contributed by atoms with E-state index >= 15 is 0 Å². The van der Waals surface area contributed by atoms with Crippen LogP contribution in [0.3, 0.4) is 0 Å². The summed E-state index contributed by atoms with van der Waals surface area (Å²) in [6.07, 6.45) is 3.41.